The Hall–Kier alpha value is -1.75. The second kappa shape index (κ2) is 8.37. The summed E-state index contributed by atoms with van der Waals surface area (Å²) in [6.07, 6.45) is 5.72. The van der Waals surface area contributed by atoms with E-state index in [1.807, 2.05) is 12.1 Å². The molecule has 0 saturated heterocycles. The standard InChI is InChI=1S/C17H23NO/c1-14(2)5-4-6-15(3)11-12-19-17-9-7-16(13-18)8-10-17/h5,7-10,15H,4,6,11-12H2,1-3H3. The van der Waals surface area contributed by atoms with Crippen molar-refractivity contribution in [2.75, 3.05) is 6.61 Å². The Balaban J connectivity index is 2.22. The van der Waals surface area contributed by atoms with E-state index in [1.54, 1.807) is 12.1 Å². The second-order valence-electron chi connectivity index (χ2n) is 5.24. The average Bonchev–Trinajstić information content (AvgIpc) is 2.39. The Morgan fingerprint density at radius 1 is 1.26 bits per heavy atom. The Labute approximate surface area is 116 Å². The zero-order valence-corrected chi connectivity index (χ0v) is 12.1. The molecule has 0 aliphatic heterocycles. The first-order valence-corrected chi connectivity index (χ1v) is 6.88. The Morgan fingerprint density at radius 2 is 1.95 bits per heavy atom. The summed E-state index contributed by atoms with van der Waals surface area (Å²) in [7, 11) is 0. The van der Waals surface area contributed by atoms with Gasteiger partial charge >= 0.3 is 0 Å². The monoisotopic (exact) mass is 257 g/mol. The van der Waals surface area contributed by atoms with Gasteiger partial charge < -0.3 is 4.74 Å². The number of nitriles is 1. The molecule has 0 bridgehead atoms. The van der Waals surface area contributed by atoms with Gasteiger partial charge in [0.05, 0.1) is 18.2 Å². The predicted octanol–water partition coefficient (Wildman–Crippen LogP) is 4.71. The summed E-state index contributed by atoms with van der Waals surface area (Å²) in [5.41, 5.74) is 2.06. The summed E-state index contributed by atoms with van der Waals surface area (Å²) >= 11 is 0. The van der Waals surface area contributed by atoms with Crippen LogP contribution in [0.2, 0.25) is 0 Å². The molecule has 1 aromatic rings. The van der Waals surface area contributed by atoms with Gasteiger partial charge in [-0.05, 0) is 63.3 Å². The Morgan fingerprint density at radius 3 is 2.53 bits per heavy atom. The van der Waals surface area contributed by atoms with E-state index < -0.39 is 0 Å². The Kier molecular flexibility index (Phi) is 6.74. The van der Waals surface area contributed by atoms with E-state index in [-0.39, 0.29) is 0 Å². The van der Waals surface area contributed by atoms with Gasteiger partial charge in [0.2, 0.25) is 0 Å². The van der Waals surface area contributed by atoms with Crippen LogP contribution in [0.3, 0.4) is 0 Å². The zero-order chi connectivity index (χ0) is 14.1. The van der Waals surface area contributed by atoms with Crippen LogP contribution in [0.15, 0.2) is 35.9 Å². The zero-order valence-electron chi connectivity index (χ0n) is 12.1. The minimum Gasteiger partial charge on any atom is -0.494 e. The number of nitrogens with zero attached hydrogens (tertiary/aromatic N) is 1. The van der Waals surface area contributed by atoms with Crippen LogP contribution in [0.4, 0.5) is 0 Å². The van der Waals surface area contributed by atoms with Crippen molar-refractivity contribution in [1.29, 1.82) is 5.26 Å². The number of hydrogen-bond donors (Lipinski definition) is 0. The summed E-state index contributed by atoms with van der Waals surface area (Å²) in [6, 6.07) is 9.38. The lowest BCUT2D eigenvalue weighted by Gasteiger charge is -2.11. The fourth-order valence-electron chi connectivity index (χ4n) is 1.80. The molecule has 1 unspecified atom stereocenters. The van der Waals surface area contributed by atoms with Gasteiger partial charge in [-0.1, -0.05) is 18.6 Å². The third-order valence-corrected chi connectivity index (χ3v) is 3.07. The molecular formula is C17H23NO. The molecule has 0 fully saturated rings. The van der Waals surface area contributed by atoms with Gasteiger partial charge in [0.15, 0.2) is 0 Å². The van der Waals surface area contributed by atoms with Crippen molar-refractivity contribution in [3.8, 4) is 11.8 Å². The summed E-state index contributed by atoms with van der Waals surface area (Å²) in [4.78, 5) is 0. The molecule has 0 aliphatic rings. The van der Waals surface area contributed by atoms with Gasteiger partial charge in [-0.15, -0.1) is 0 Å². The van der Waals surface area contributed by atoms with E-state index in [2.05, 4.69) is 32.9 Å². The summed E-state index contributed by atoms with van der Waals surface area (Å²) in [5, 5.41) is 8.70. The molecule has 2 heteroatoms. The molecule has 0 spiro atoms. The van der Waals surface area contributed by atoms with Crippen molar-refractivity contribution in [2.45, 2.75) is 40.0 Å². The number of allylic oxidation sites excluding steroid dienone is 2. The van der Waals surface area contributed by atoms with E-state index in [0.717, 1.165) is 25.2 Å². The molecule has 0 N–H and O–H groups in total. The van der Waals surface area contributed by atoms with Crippen LogP contribution in [-0.4, -0.2) is 6.61 Å². The van der Waals surface area contributed by atoms with Gasteiger partial charge in [0.25, 0.3) is 0 Å². The first-order valence-electron chi connectivity index (χ1n) is 6.88. The van der Waals surface area contributed by atoms with E-state index >= 15 is 0 Å². The SMILES string of the molecule is CC(C)=CCCC(C)CCOc1ccc(C#N)cc1. The summed E-state index contributed by atoms with van der Waals surface area (Å²) < 4.78 is 5.68. The van der Waals surface area contributed by atoms with Crippen LogP contribution >= 0.6 is 0 Å². The molecule has 1 aromatic carbocycles. The lowest BCUT2D eigenvalue weighted by molar-refractivity contribution is 0.279. The lowest BCUT2D eigenvalue weighted by atomic mass is 10.0. The first-order chi connectivity index (χ1) is 9.11. The second-order valence-corrected chi connectivity index (χ2v) is 5.24. The van der Waals surface area contributed by atoms with Gasteiger partial charge in [-0.2, -0.15) is 5.26 Å². The van der Waals surface area contributed by atoms with Gasteiger partial charge in [-0.25, -0.2) is 0 Å². The third kappa shape index (κ3) is 6.67. The summed E-state index contributed by atoms with van der Waals surface area (Å²) in [5.74, 6) is 1.52. The van der Waals surface area contributed by atoms with Crippen molar-refractivity contribution in [3.63, 3.8) is 0 Å². The van der Waals surface area contributed by atoms with Crippen molar-refractivity contribution in [1.82, 2.24) is 0 Å². The summed E-state index contributed by atoms with van der Waals surface area (Å²) in [6.45, 7) is 7.28. The molecule has 0 amide bonds. The van der Waals surface area contributed by atoms with Crippen molar-refractivity contribution < 1.29 is 4.74 Å². The van der Waals surface area contributed by atoms with Gasteiger partial charge in [-0.3, -0.25) is 0 Å². The molecule has 0 aliphatic carbocycles. The van der Waals surface area contributed by atoms with E-state index in [0.29, 0.717) is 11.5 Å². The topological polar surface area (TPSA) is 33.0 Å². The van der Waals surface area contributed by atoms with Crippen LogP contribution in [0, 0.1) is 17.2 Å². The van der Waals surface area contributed by atoms with Crippen LogP contribution in [0.25, 0.3) is 0 Å². The highest BCUT2D eigenvalue weighted by molar-refractivity contribution is 5.34. The van der Waals surface area contributed by atoms with Crippen molar-refractivity contribution in [2.24, 2.45) is 5.92 Å². The number of ether oxygens (including phenoxy) is 1. The maximum absolute atomic E-state index is 8.70. The lowest BCUT2D eigenvalue weighted by Crippen LogP contribution is -2.04. The van der Waals surface area contributed by atoms with Gasteiger partial charge in [0, 0.05) is 0 Å². The molecule has 102 valence electrons. The van der Waals surface area contributed by atoms with Crippen LogP contribution < -0.4 is 4.74 Å². The normalized spacial score (nSPS) is 11.5. The third-order valence-electron chi connectivity index (χ3n) is 3.07. The fourth-order valence-corrected chi connectivity index (χ4v) is 1.80. The van der Waals surface area contributed by atoms with Crippen molar-refractivity contribution >= 4 is 0 Å². The predicted molar refractivity (Wildman–Crippen MR) is 79.1 cm³/mol. The molecule has 0 aromatic heterocycles. The number of hydrogen-bond acceptors (Lipinski definition) is 2. The molecule has 1 rings (SSSR count). The first kappa shape index (κ1) is 15.3. The number of rotatable bonds is 7. The molecule has 2 nitrogen and oxygen atoms in total. The molecule has 0 radical (unpaired) electrons. The minimum atomic E-state index is 0.669. The average molecular weight is 257 g/mol. The number of benzene rings is 1. The smallest absolute Gasteiger partial charge is 0.119 e. The molecule has 19 heavy (non-hydrogen) atoms. The van der Waals surface area contributed by atoms with Gasteiger partial charge in [0.1, 0.15) is 5.75 Å². The minimum absolute atomic E-state index is 0.669. The molecular weight excluding hydrogens is 234 g/mol. The molecule has 1 atom stereocenters. The molecule has 0 heterocycles. The van der Waals surface area contributed by atoms with Crippen LogP contribution in [0.1, 0.15) is 45.6 Å². The van der Waals surface area contributed by atoms with Crippen LogP contribution in [-0.2, 0) is 0 Å². The maximum Gasteiger partial charge on any atom is 0.119 e. The van der Waals surface area contributed by atoms with E-state index in [9.17, 15) is 0 Å². The highest BCUT2D eigenvalue weighted by Gasteiger charge is 2.02. The van der Waals surface area contributed by atoms with Crippen molar-refractivity contribution in [3.05, 3.63) is 41.5 Å². The Bertz CT molecular complexity index is 435. The largest absolute Gasteiger partial charge is 0.494 e. The fraction of sp³-hybridized carbons (Fsp3) is 0.471. The highest BCUT2D eigenvalue weighted by atomic mass is 16.5. The van der Waals surface area contributed by atoms with Crippen LogP contribution in [0.5, 0.6) is 5.75 Å². The quantitative estimate of drug-likeness (QED) is 0.663. The molecule has 0 saturated carbocycles. The highest BCUT2D eigenvalue weighted by Crippen LogP contribution is 2.15. The maximum atomic E-state index is 8.70. The van der Waals surface area contributed by atoms with E-state index in [1.165, 1.54) is 12.0 Å². The van der Waals surface area contributed by atoms with E-state index in [4.69, 9.17) is 10.00 Å².